The van der Waals surface area contributed by atoms with Gasteiger partial charge in [-0.1, -0.05) is 170 Å². The van der Waals surface area contributed by atoms with E-state index in [1.54, 1.807) is 0 Å². The third kappa shape index (κ3) is 5.20. The number of nitrogens with zero attached hydrogens (tertiary/aromatic N) is 4. The maximum absolute atomic E-state index is 5.49. The molecule has 3 heterocycles. The van der Waals surface area contributed by atoms with Gasteiger partial charge in [0.15, 0.2) is 0 Å². The molecule has 3 aromatic heterocycles. The summed E-state index contributed by atoms with van der Waals surface area (Å²) < 4.78 is 4.66. The monoisotopic (exact) mass is 788 g/mol. The number of rotatable bonds is 5. The Morgan fingerprint density at radius 3 is 1.69 bits per heavy atom. The van der Waals surface area contributed by atoms with E-state index in [0.29, 0.717) is 5.95 Å². The van der Waals surface area contributed by atoms with Crippen molar-refractivity contribution in [2.75, 3.05) is 0 Å². The van der Waals surface area contributed by atoms with Crippen LogP contribution in [0.2, 0.25) is 0 Å². The molecule has 0 fully saturated rings. The second kappa shape index (κ2) is 13.6. The van der Waals surface area contributed by atoms with Crippen molar-refractivity contribution in [3.05, 3.63) is 218 Å². The van der Waals surface area contributed by atoms with Crippen molar-refractivity contribution >= 4 is 76.1 Å². The highest BCUT2D eigenvalue weighted by Crippen LogP contribution is 2.43. The van der Waals surface area contributed by atoms with Crippen LogP contribution in [0.15, 0.2) is 218 Å². The molecule has 0 saturated carbocycles. The number of aromatic nitrogens is 4. The first-order chi connectivity index (χ1) is 30.8. The molecule has 0 aliphatic carbocycles. The van der Waals surface area contributed by atoms with E-state index in [2.05, 4.69) is 228 Å². The van der Waals surface area contributed by atoms with Crippen molar-refractivity contribution in [2.45, 2.75) is 0 Å². The van der Waals surface area contributed by atoms with E-state index in [1.807, 2.05) is 0 Å². The number of para-hydroxylation sites is 4. The zero-order valence-corrected chi connectivity index (χ0v) is 33.6. The van der Waals surface area contributed by atoms with Crippen molar-refractivity contribution in [1.29, 1.82) is 0 Å². The van der Waals surface area contributed by atoms with Crippen LogP contribution in [0.5, 0.6) is 0 Å². The average Bonchev–Trinajstić information content (AvgIpc) is 3.86. The topological polar surface area (TPSA) is 35.6 Å². The van der Waals surface area contributed by atoms with Crippen LogP contribution in [0.4, 0.5) is 0 Å². The summed E-state index contributed by atoms with van der Waals surface area (Å²) in [6.45, 7) is 0. The molecule has 0 unspecified atom stereocenters. The predicted octanol–water partition coefficient (Wildman–Crippen LogP) is 15.1. The van der Waals surface area contributed by atoms with Gasteiger partial charge >= 0.3 is 0 Å². The average molecular weight is 789 g/mol. The van der Waals surface area contributed by atoms with Crippen molar-refractivity contribution in [3.8, 4) is 45.1 Å². The summed E-state index contributed by atoms with van der Waals surface area (Å²) in [5, 5.41) is 10.6. The van der Waals surface area contributed by atoms with E-state index in [4.69, 9.17) is 9.97 Å². The van der Waals surface area contributed by atoms with Crippen molar-refractivity contribution in [2.24, 2.45) is 0 Å². The summed E-state index contributed by atoms with van der Waals surface area (Å²) in [4.78, 5) is 10.8. The molecule has 10 aromatic carbocycles. The molecule has 13 rings (SSSR count). The molecule has 0 atom stereocenters. The summed E-state index contributed by atoms with van der Waals surface area (Å²) in [7, 11) is 0. The predicted molar refractivity (Wildman–Crippen MR) is 260 cm³/mol. The molecule has 4 heteroatoms. The lowest BCUT2D eigenvalue weighted by Gasteiger charge is -2.14. The lowest BCUT2D eigenvalue weighted by atomic mass is 9.94. The Kier molecular flexibility index (Phi) is 7.57. The first-order valence-electron chi connectivity index (χ1n) is 21.2. The first kappa shape index (κ1) is 34.5. The van der Waals surface area contributed by atoms with E-state index in [-0.39, 0.29) is 0 Å². The highest BCUT2D eigenvalue weighted by Gasteiger charge is 2.22. The summed E-state index contributed by atoms with van der Waals surface area (Å²) in [6, 6.07) is 78.6. The molecule has 0 amide bonds. The Bertz CT molecular complexity index is 3910. The van der Waals surface area contributed by atoms with Gasteiger partial charge in [0, 0.05) is 43.6 Å². The van der Waals surface area contributed by atoms with E-state index >= 15 is 0 Å². The molecule has 0 aliphatic heterocycles. The van der Waals surface area contributed by atoms with Gasteiger partial charge < -0.3 is 4.57 Å². The molecule has 288 valence electrons. The highest BCUT2D eigenvalue weighted by molar-refractivity contribution is 6.22. The summed E-state index contributed by atoms with van der Waals surface area (Å²) in [5.41, 5.74) is 13.3. The molecular weight excluding hydrogens is 753 g/mol. The molecular formula is C58H36N4. The van der Waals surface area contributed by atoms with E-state index in [1.165, 1.54) is 65.6 Å². The Hall–Kier alpha value is -8.34. The standard InChI is InChI=1S/C58H36N4/c1-2-17-41(18-3-1)61-53-27-12-9-21-45(53)50-35-40(33-34-55(50)61)49-36-51-46-22-10-13-28-54(46)62(57(51)47-23-7-6-20-44(47)49)58-59-52-26-11-8-24-48(52)56(60-58)39-31-29-38(30-32-39)43-25-14-16-37-15-4-5-19-42(37)43/h1-36H. The molecule has 62 heavy (non-hydrogen) atoms. The quantitative estimate of drug-likeness (QED) is 0.174. The first-order valence-corrected chi connectivity index (χ1v) is 21.2. The van der Waals surface area contributed by atoms with Gasteiger partial charge in [-0.3, -0.25) is 4.57 Å². The molecule has 0 N–H and O–H groups in total. The number of benzene rings is 10. The summed E-state index contributed by atoms with van der Waals surface area (Å²) >= 11 is 0. The van der Waals surface area contributed by atoms with Gasteiger partial charge in [0.2, 0.25) is 5.95 Å². The van der Waals surface area contributed by atoms with Crippen LogP contribution in [0.1, 0.15) is 0 Å². The van der Waals surface area contributed by atoms with Crippen LogP contribution in [0.25, 0.3) is 121 Å². The zero-order valence-electron chi connectivity index (χ0n) is 33.6. The normalized spacial score (nSPS) is 11.9. The lowest BCUT2D eigenvalue weighted by molar-refractivity contribution is 1.02. The van der Waals surface area contributed by atoms with Crippen LogP contribution >= 0.6 is 0 Å². The molecule has 0 aliphatic rings. The van der Waals surface area contributed by atoms with Gasteiger partial charge in [-0.05, 0) is 86.9 Å². The second-order valence-corrected chi connectivity index (χ2v) is 16.1. The minimum absolute atomic E-state index is 0.649. The van der Waals surface area contributed by atoms with Crippen LogP contribution in [-0.4, -0.2) is 19.1 Å². The molecule has 0 bridgehead atoms. The van der Waals surface area contributed by atoms with Crippen molar-refractivity contribution < 1.29 is 0 Å². The molecule has 0 spiro atoms. The van der Waals surface area contributed by atoms with Crippen LogP contribution in [0.3, 0.4) is 0 Å². The van der Waals surface area contributed by atoms with Gasteiger partial charge in [-0.25, -0.2) is 9.97 Å². The van der Waals surface area contributed by atoms with E-state index in [0.717, 1.165) is 49.7 Å². The third-order valence-corrected chi connectivity index (χ3v) is 12.7. The van der Waals surface area contributed by atoms with Gasteiger partial charge in [-0.2, -0.15) is 0 Å². The number of fused-ring (bicyclic) bond motifs is 10. The maximum Gasteiger partial charge on any atom is 0.235 e. The van der Waals surface area contributed by atoms with Crippen LogP contribution in [-0.2, 0) is 0 Å². The SMILES string of the molecule is c1ccc(-n2c3ccccc3c3cc(-c4cc5c6ccccc6n(-c6nc(-c7ccc(-c8cccc9ccccc89)cc7)c7ccccc7n6)c5c5ccccc45)ccc32)cc1. The number of hydrogen-bond acceptors (Lipinski definition) is 2. The summed E-state index contributed by atoms with van der Waals surface area (Å²) in [5.74, 6) is 0.649. The molecule has 4 nitrogen and oxygen atoms in total. The van der Waals surface area contributed by atoms with Gasteiger partial charge in [0.25, 0.3) is 0 Å². The van der Waals surface area contributed by atoms with Crippen molar-refractivity contribution in [3.63, 3.8) is 0 Å². The fraction of sp³-hybridized carbons (Fsp3) is 0. The van der Waals surface area contributed by atoms with Gasteiger partial charge in [0.1, 0.15) is 0 Å². The Labute approximate surface area is 357 Å². The molecule has 13 aromatic rings. The van der Waals surface area contributed by atoms with Crippen LogP contribution in [0, 0.1) is 0 Å². The number of hydrogen-bond donors (Lipinski definition) is 0. The maximum atomic E-state index is 5.49. The largest absolute Gasteiger partial charge is 0.309 e. The Morgan fingerprint density at radius 1 is 0.306 bits per heavy atom. The van der Waals surface area contributed by atoms with E-state index in [9.17, 15) is 0 Å². The van der Waals surface area contributed by atoms with Gasteiger partial charge in [-0.15, -0.1) is 0 Å². The fourth-order valence-corrected chi connectivity index (χ4v) is 9.93. The van der Waals surface area contributed by atoms with E-state index < -0.39 is 0 Å². The molecule has 0 saturated heterocycles. The minimum Gasteiger partial charge on any atom is -0.309 e. The second-order valence-electron chi connectivity index (χ2n) is 16.1. The minimum atomic E-state index is 0.649. The fourth-order valence-electron chi connectivity index (χ4n) is 9.93. The molecule has 0 radical (unpaired) electrons. The van der Waals surface area contributed by atoms with Gasteiger partial charge in [0.05, 0.1) is 33.3 Å². The highest BCUT2D eigenvalue weighted by atomic mass is 15.2. The summed E-state index contributed by atoms with van der Waals surface area (Å²) in [6.07, 6.45) is 0. The zero-order chi connectivity index (χ0) is 40.7. The Balaban J connectivity index is 1.02. The van der Waals surface area contributed by atoms with Crippen molar-refractivity contribution in [1.82, 2.24) is 19.1 Å². The van der Waals surface area contributed by atoms with Crippen LogP contribution < -0.4 is 0 Å². The Morgan fingerprint density at radius 2 is 0.887 bits per heavy atom. The smallest absolute Gasteiger partial charge is 0.235 e. The lowest BCUT2D eigenvalue weighted by Crippen LogP contribution is -2.04. The third-order valence-electron chi connectivity index (χ3n) is 12.7.